The smallest absolute Gasteiger partial charge is 0.279 e. The number of hydrogen-bond acceptors (Lipinski definition) is 4. The molecule has 126 valence electrons. The van der Waals surface area contributed by atoms with Gasteiger partial charge in [0.15, 0.2) is 0 Å². The molecule has 1 N–H and O–H groups in total. The Morgan fingerprint density at radius 2 is 1.90 bits per heavy atom. The highest BCUT2D eigenvalue weighted by molar-refractivity contribution is 7.87. The van der Waals surface area contributed by atoms with E-state index in [-0.39, 0.29) is 18.2 Å². The van der Waals surface area contributed by atoms with Crippen LogP contribution in [0.5, 0.6) is 0 Å². The molecule has 0 unspecified atom stereocenters. The van der Waals surface area contributed by atoms with E-state index in [1.807, 2.05) is 0 Å². The molecule has 0 aromatic carbocycles. The normalized spacial score (nSPS) is 26.2. The van der Waals surface area contributed by atoms with Crippen molar-refractivity contribution >= 4 is 10.2 Å². The maximum absolute atomic E-state index is 12.1. The maximum atomic E-state index is 12.1. The summed E-state index contributed by atoms with van der Waals surface area (Å²) in [6, 6.07) is 0.160. The van der Waals surface area contributed by atoms with Gasteiger partial charge in [-0.2, -0.15) is 12.7 Å². The summed E-state index contributed by atoms with van der Waals surface area (Å²) in [5.41, 5.74) is 0. The predicted octanol–water partition coefficient (Wildman–Crippen LogP) is 1.05. The van der Waals surface area contributed by atoms with Crippen LogP contribution in [0.1, 0.15) is 40.5 Å². The van der Waals surface area contributed by atoms with Gasteiger partial charge in [0.25, 0.3) is 10.2 Å². The minimum Gasteiger partial charge on any atom is -0.373 e. The van der Waals surface area contributed by atoms with Crippen LogP contribution in [0.25, 0.3) is 0 Å². The van der Waals surface area contributed by atoms with Crippen LogP contribution in [0.2, 0.25) is 0 Å². The van der Waals surface area contributed by atoms with Crippen LogP contribution < -0.4 is 4.72 Å². The van der Waals surface area contributed by atoms with Gasteiger partial charge in [-0.05, 0) is 27.2 Å². The van der Waals surface area contributed by atoms with Crippen LogP contribution in [-0.2, 0) is 14.9 Å². The maximum Gasteiger partial charge on any atom is 0.279 e. The molecule has 1 aliphatic rings. The Morgan fingerprint density at radius 1 is 1.33 bits per heavy atom. The number of rotatable bonds is 8. The molecule has 0 bridgehead atoms. The van der Waals surface area contributed by atoms with Gasteiger partial charge in [0.1, 0.15) is 0 Å². The SMILES string of the molecule is CCCCN(C)S(=O)(=O)NC[C@H](C)N1C[C@@H](C)O[C@@H](C)C1. The summed E-state index contributed by atoms with van der Waals surface area (Å²) in [6.45, 7) is 10.9. The Bertz CT molecular complexity index is 392. The number of nitrogens with zero attached hydrogens (tertiary/aromatic N) is 2. The van der Waals surface area contributed by atoms with Gasteiger partial charge in [-0.1, -0.05) is 13.3 Å². The second-order valence-electron chi connectivity index (χ2n) is 6.09. The van der Waals surface area contributed by atoms with Gasteiger partial charge in [0.05, 0.1) is 12.2 Å². The Morgan fingerprint density at radius 3 is 2.43 bits per heavy atom. The zero-order valence-corrected chi connectivity index (χ0v) is 14.8. The molecule has 0 saturated carbocycles. The summed E-state index contributed by atoms with van der Waals surface area (Å²) in [5.74, 6) is 0. The Kier molecular flexibility index (Phi) is 7.56. The van der Waals surface area contributed by atoms with E-state index in [0.29, 0.717) is 13.1 Å². The third kappa shape index (κ3) is 6.20. The van der Waals surface area contributed by atoms with E-state index >= 15 is 0 Å². The Hall–Kier alpha value is -0.210. The molecule has 1 rings (SSSR count). The minimum atomic E-state index is -3.37. The average Bonchev–Trinajstić information content (AvgIpc) is 2.41. The average molecular weight is 321 g/mol. The zero-order valence-electron chi connectivity index (χ0n) is 14.0. The number of nitrogens with one attached hydrogen (secondary N) is 1. The summed E-state index contributed by atoms with van der Waals surface area (Å²) in [4.78, 5) is 2.29. The van der Waals surface area contributed by atoms with Gasteiger partial charge >= 0.3 is 0 Å². The first-order valence-electron chi connectivity index (χ1n) is 7.86. The Labute approximate surface area is 130 Å². The molecule has 0 aliphatic carbocycles. The van der Waals surface area contributed by atoms with E-state index in [1.165, 1.54) is 4.31 Å². The van der Waals surface area contributed by atoms with Crippen LogP contribution in [0.4, 0.5) is 0 Å². The van der Waals surface area contributed by atoms with Crippen molar-refractivity contribution < 1.29 is 13.2 Å². The lowest BCUT2D eigenvalue weighted by molar-refractivity contribution is -0.0776. The number of unbranched alkanes of at least 4 members (excludes halogenated alkanes) is 1. The number of morpholine rings is 1. The van der Waals surface area contributed by atoms with E-state index < -0.39 is 10.2 Å². The molecule has 0 spiro atoms. The molecule has 7 heteroatoms. The van der Waals surface area contributed by atoms with Crippen molar-refractivity contribution in [2.24, 2.45) is 0 Å². The lowest BCUT2D eigenvalue weighted by Gasteiger charge is -2.39. The molecule has 21 heavy (non-hydrogen) atoms. The second kappa shape index (κ2) is 8.43. The molecule has 0 aromatic heterocycles. The largest absolute Gasteiger partial charge is 0.373 e. The third-order valence-corrected chi connectivity index (χ3v) is 5.40. The van der Waals surface area contributed by atoms with Crippen LogP contribution >= 0.6 is 0 Å². The summed E-state index contributed by atoms with van der Waals surface area (Å²) in [7, 11) is -1.74. The quantitative estimate of drug-likeness (QED) is 0.726. The highest BCUT2D eigenvalue weighted by Gasteiger charge is 2.27. The summed E-state index contributed by atoms with van der Waals surface area (Å²) < 4.78 is 34.1. The molecule has 1 saturated heterocycles. The molecule has 1 fully saturated rings. The first kappa shape index (κ1) is 18.8. The van der Waals surface area contributed by atoms with Crippen molar-refractivity contribution in [1.82, 2.24) is 13.9 Å². The van der Waals surface area contributed by atoms with Crippen molar-refractivity contribution in [3.8, 4) is 0 Å². The van der Waals surface area contributed by atoms with Crippen molar-refractivity contribution in [3.63, 3.8) is 0 Å². The molecular formula is C14H31N3O3S. The van der Waals surface area contributed by atoms with Gasteiger partial charge in [0, 0.05) is 39.3 Å². The molecule has 6 nitrogen and oxygen atoms in total. The highest BCUT2D eigenvalue weighted by atomic mass is 32.2. The van der Waals surface area contributed by atoms with Crippen LogP contribution in [0.3, 0.4) is 0 Å². The van der Waals surface area contributed by atoms with Gasteiger partial charge in [-0.25, -0.2) is 4.72 Å². The van der Waals surface area contributed by atoms with E-state index in [1.54, 1.807) is 7.05 Å². The molecule has 0 aromatic rings. The molecule has 0 radical (unpaired) electrons. The molecule has 0 amide bonds. The lowest BCUT2D eigenvalue weighted by Crippen LogP contribution is -2.53. The minimum absolute atomic E-state index is 0.160. The first-order valence-corrected chi connectivity index (χ1v) is 9.30. The summed E-state index contributed by atoms with van der Waals surface area (Å²) >= 11 is 0. The fraction of sp³-hybridized carbons (Fsp3) is 1.00. The molecule has 1 aliphatic heterocycles. The van der Waals surface area contributed by atoms with Gasteiger partial charge in [0.2, 0.25) is 0 Å². The van der Waals surface area contributed by atoms with Crippen molar-refractivity contribution in [2.45, 2.75) is 58.8 Å². The first-order chi connectivity index (χ1) is 9.76. The Balaban J connectivity index is 2.46. The molecule has 3 atom stereocenters. The molecular weight excluding hydrogens is 290 g/mol. The van der Waals surface area contributed by atoms with E-state index in [9.17, 15) is 8.42 Å². The third-order valence-electron chi connectivity index (χ3n) is 3.87. The van der Waals surface area contributed by atoms with Crippen LogP contribution in [0.15, 0.2) is 0 Å². The van der Waals surface area contributed by atoms with E-state index in [4.69, 9.17) is 4.74 Å². The second-order valence-corrected chi connectivity index (χ2v) is 7.95. The summed E-state index contributed by atoms with van der Waals surface area (Å²) in [5, 5.41) is 0. The zero-order chi connectivity index (χ0) is 16.0. The van der Waals surface area contributed by atoms with Gasteiger partial charge in [-0.15, -0.1) is 0 Å². The predicted molar refractivity (Wildman–Crippen MR) is 85.5 cm³/mol. The monoisotopic (exact) mass is 321 g/mol. The van der Waals surface area contributed by atoms with Gasteiger partial charge < -0.3 is 4.74 Å². The van der Waals surface area contributed by atoms with Gasteiger partial charge in [-0.3, -0.25) is 4.90 Å². The van der Waals surface area contributed by atoms with Crippen LogP contribution in [-0.4, -0.2) is 69.1 Å². The van der Waals surface area contributed by atoms with E-state index in [2.05, 4.69) is 37.3 Å². The number of hydrogen-bond donors (Lipinski definition) is 1. The standard InChI is InChI=1S/C14H31N3O3S/c1-6-7-8-16(5)21(18,19)15-9-12(2)17-10-13(3)20-14(4)11-17/h12-15H,6-11H2,1-5H3/t12-,13-,14+/m0/s1. The summed E-state index contributed by atoms with van der Waals surface area (Å²) in [6.07, 6.45) is 2.26. The number of ether oxygens (including phenoxy) is 1. The van der Waals surface area contributed by atoms with Crippen LogP contribution in [0, 0.1) is 0 Å². The fourth-order valence-corrected chi connectivity index (χ4v) is 3.59. The highest BCUT2D eigenvalue weighted by Crippen LogP contribution is 2.13. The topological polar surface area (TPSA) is 61.9 Å². The van der Waals surface area contributed by atoms with Crippen molar-refractivity contribution in [1.29, 1.82) is 0 Å². The lowest BCUT2D eigenvalue weighted by atomic mass is 10.2. The van der Waals surface area contributed by atoms with Crippen molar-refractivity contribution in [3.05, 3.63) is 0 Å². The molecule has 1 heterocycles. The van der Waals surface area contributed by atoms with Crippen molar-refractivity contribution in [2.75, 3.05) is 33.2 Å². The van der Waals surface area contributed by atoms with E-state index in [0.717, 1.165) is 25.9 Å². The fourth-order valence-electron chi connectivity index (χ4n) is 2.54.